The van der Waals surface area contributed by atoms with Crippen molar-refractivity contribution >= 4 is 23.2 Å². The van der Waals surface area contributed by atoms with Gasteiger partial charge in [0.1, 0.15) is 11.7 Å². The number of carbonyl (C=O) groups excluding carboxylic acids is 2. The highest BCUT2D eigenvalue weighted by molar-refractivity contribution is 5.97. The number of fused-ring (bicyclic) bond motifs is 2. The number of amides is 2. The molecule has 3 N–H and O–H groups in total. The summed E-state index contributed by atoms with van der Waals surface area (Å²) in [6.07, 6.45) is 2.14. The maximum Gasteiger partial charge on any atom is 0.426 e. The maximum atomic E-state index is 13.8. The predicted octanol–water partition coefficient (Wildman–Crippen LogP) is 5.22. The first kappa shape index (κ1) is 34.7. The van der Waals surface area contributed by atoms with Crippen molar-refractivity contribution in [1.82, 2.24) is 25.0 Å². The number of aromatic amines is 1. The summed E-state index contributed by atoms with van der Waals surface area (Å²) in [5, 5.41) is 14.9. The highest BCUT2D eigenvalue weighted by Gasteiger charge is 2.29. The van der Waals surface area contributed by atoms with Gasteiger partial charge >= 0.3 is 6.09 Å². The Bertz CT molecular complexity index is 2080. The lowest BCUT2D eigenvalue weighted by Gasteiger charge is -2.34. The number of nitriles is 1. The smallest absolute Gasteiger partial charge is 0.426 e. The molecule has 1 saturated heterocycles. The van der Waals surface area contributed by atoms with Crippen molar-refractivity contribution in [3.8, 4) is 17.2 Å². The Hall–Kier alpha value is -5.12. The summed E-state index contributed by atoms with van der Waals surface area (Å²) >= 11 is 0. The molecular weight excluding hydrogens is 634 g/mol. The number of H-pyrrole nitrogens is 1. The van der Waals surface area contributed by atoms with Crippen LogP contribution in [0, 0.1) is 32.1 Å². The largest absolute Gasteiger partial charge is 0.443 e. The first-order valence-corrected chi connectivity index (χ1v) is 17.0. The van der Waals surface area contributed by atoms with Crippen molar-refractivity contribution in [2.24, 2.45) is 0 Å². The molecule has 2 aliphatic heterocycles. The van der Waals surface area contributed by atoms with Crippen LogP contribution in [0.25, 0.3) is 16.6 Å². The van der Waals surface area contributed by atoms with Crippen LogP contribution >= 0.6 is 0 Å². The number of morpholine rings is 1. The van der Waals surface area contributed by atoms with E-state index in [2.05, 4.69) is 50.3 Å². The summed E-state index contributed by atoms with van der Waals surface area (Å²) in [5.74, 6) is -0.260. The molecule has 50 heavy (non-hydrogen) atoms. The number of benzene rings is 1. The molecule has 12 heteroatoms. The third-order valence-electron chi connectivity index (χ3n) is 9.49. The first-order valence-electron chi connectivity index (χ1n) is 17.0. The van der Waals surface area contributed by atoms with Crippen LogP contribution in [0.2, 0.25) is 0 Å². The molecule has 0 saturated carbocycles. The number of hydrazine groups is 1. The Labute approximate surface area is 291 Å². The second kappa shape index (κ2) is 13.7. The van der Waals surface area contributed by atoms with Gasteiger partial charge in [-0.2, -0.15) is 5.26 Å². The zero-order chi connectivity index (χ0) is 35.9. The van der Waals surface area contributed by atoms with Crippen LogP contribution in [0.5, 0.6) is 0 Å². The third-order valence-corrected chi connectivity index (χ3v) is 9.49. The number of anilines is 1. The molecule has 2 amide bonds. The first-order chi connectivity index (χ1) is 23.7. The fourth-order valence-corrected chi connectivity index (χ4v) is 7.11. The van der Waals surface area contributed by atoms with Crippen LogP contribution < -0.4 is 21.3 Å². The van der Waals surface area contributed by atoms with E-state index >= 15 is 0 Å². The molecule has 12 nitrogen and oxygen atoms in total. The van der Waals surface area contributed by atoms with E-state index in [1.165, 1.54) is 0 Å². The molecule has 0 aliphatic carbocycles. The van der Waals surface area contributed by atoms with Gasteiger partial charge < -0.3 is 24.2 Å². The number of rotatable bonds is 7. The zero-order valence-electron chi connectivity index (χ0n) is 29.8. The normalized spacial score (nSPS) is 15.4. The number of pyridine rings is 2. The SMILES string of the molecule is Cc1cc(C)c(CNC(=O)c2cc3cc(-c4cc(C#N)c5c(c4)CCN5NC(=O)OC(C)(C)C)cn3c(C(C)N3CCOCC3)c2C)c(=O)[nH]1. The van der Waals surface area contributed by atoms with Crippen LogP contribution in [0.4, 0.5) is 10.5 Å². The minimum atomic E-state index is -0.650. The quantitative estimate of drug-likeness (QED) is 0.241. The molecule has 0 spiro atoms. The summed E-state index contributed by atoms with van der Waals surface area (Å²) in [4.78, 5) is 44.3. The molecule has 3 aromatic heterocycles. The van der Waals surface area contributed by atoms with Crippen LogP contribution in [0.3, 0.4) is 0 Å². The van der Waals surface area contributed by atoms with E-state index in [0.29, 0.717) is 48.6 Å². The molecule has 6 rings (SSSR count). The van der Waals surface area contributed by atoms with Gasteiger partial charge in [-0.15, -0.1) is 0 Å². The summed E-state index contributed by atoms with van der Waals surface area (Å²) in [5.41, 5.74) is 11.1. The Morgan fingerprint density at radius 1 is 1.06 bits per heavy atom. The summed E-state index contributed by atoms with van der Waals surface area (Å²) in [6.45, 7) is 16.7. The van der Waals surface area contributed by atoms with Crippen molar-refractivity contribution in [2.45, 2.75) is 73.1 Å². The Morgan fingerprint density at radius 3 is 2.48 bits per heavy atom. The molecule has 0 bridgehead atoms. The Kier molecular flexibility index (Phi) is 9.48. The maximum absolute atomic E-state index is 13.8. The fourth-order valence-electron chi connectivity index (χ4n) is 7.11. The van der Waals surface area contributed by atoms with Gasteiger partial charge in [0.15, 0.2) is 0 Å². The highest BCUT2D eigenvalue weighted by atomic mass is 16.6. The molecular formula is C38H45N7O5. The van der Waals surface area contributed by atoms with Gasteiger partial charge in [0.25, 0.3) is 11.5 Å². The van der Waals surface area contributed by atoms with Gasteiger partial charge in [0, 0.05) is 72.0 Å². The second-order valence-corrected chi connectivity index (χ2v) is 14.2. The summed E-state index contributed by atoms with van der Waals surface area (Å²) in [6, 6.07) is 12.0. The molecule has 2 aliphatic rings. The number of hydrogen-bond donors (Lipinski definition) is 3. The van der Waals surface area contributed by atoms with E-state index in [-0.39, 0.29) is 24.1 Å². The summed E-state index contributed by atoms with van der Waals surface area (Å²) < 4.78 is 13.2. The Morgan fingerprint density at radius 2 is 1.80 bits per heavy atom. The minimum Gasteiger partial charge on any atom is -0.443 e. The molecule has 1 atom stereocenters. The van der Waals surface area contributed by atoms with Crippen molar-refractivity contribution < 1.29 is 19.1 Å². The minimum absolute atomic E-state index is 0.0289. The van der Waals surface area contributed by atoms with Gasteiger partial charge in [-0.25, -0.2) is 10.2 Å². The number of ether oxygens (including phenoxy) is 2. The number of aromatic nitrogens is 2. The van der Waals surface area contributed by atoms with Crippen molar-refractivity contribution in [3.05, 3.63) is 91.7 Å². The number of hydrogen-bond acceptors (Lipinski definition) is 8. The number of carbonyl (C=O) groups is 2. The second-order valence-electron chi connectivity index (χ2n) is 14.2. The number of nitrogens with zero attached hydrogens (tertiary/aromatic N) is 4. The topological polar surface area (TPSA) is 144 Å². The van der Waals surface area contributed by atoms with E-state index < -0.39 is 11.7 Å². The van der Waals surface area contributed by atoms with E-state index in [0.717, 1.165) is 57.8 Å². The van der Waals surface area contributed by atoms with E-state index in [9.17, 15) is 19.6 Å². The van der Waals surface area contributed by atoms with Crippen LogP contribution in [-0.4, -0.2) is 64.7 Å². The lowest BCUT2D eigenvalue weighted by atomic mass is 9.99. The van der Waals surface area contributed by atoms with E-state index in [1.54, 1.807) is 25.8 Å². The molecule has 4 aromatic rings. The highest BCUT2D eigenvalue weighted by Crippen LogP contribution is 2.37. The third kappa shape index (κ3) is 6.97. The fraction of sp³-hybridized carbons (Fsp3) is 0.421. The lowest BCUT2D eigenvalue weighted by molar-refractivity contribution is 0.0187. The van der Waals surface area contributed by atoms with Crippen molar-refractivity contribution in [2.75, 3.05) is 37.9 Å². The van der Waals surface area contributed by atoms with Crippen LogP contribution in [0.15, 0.2) is 41.3 Å². The van der Waals surface area contributed by atoms with E-state index in [4.69, 9.17) is 9.47 Å². The zero-order valence-corrected chi connectivity index (χ0v) is 29.8. The van der Waals surface area contributed by atoms with Crippen LogP contribution in [-0.2, 0) is 22.4 Å². The van der Waals surface area contributed by atoms with Gasteiger partial charge in [0.2, 0.25) is 0 Å². The number of aryl methyl sites for hydroxylation is 2. The van der Waals surface area contributed by atoms with Gasteiger partial charge in [-0.05, 0) is 107 Å². The van der Waals surface area contributed by atoms with Gasteiger partial charge in [-0.1, -0.05) is 0 Å². The lowest BCUT2D eigenvalue weighted by Crippen LogP contribution is -2.44. The van der Waals surface area contributed by atoms with Gasteiger partial charge in [0.05, 0.1) is 24.5 Å². The van der Waals surface area contributed by atoms with Crippen molar-refractivity contribution in [1.29, 1.82) is 5.26 Å². The molecule has 1 unspecified atom stereocenters. The van der Waals surface area contributed by atoms with Crippen molar-refractivity contribution in [3.63, 3.8) is 0 Å². The average molecular weight is 680 g/mol. The molecule has 5 heterocycles. The monoisotopic (exact) mass is 679 g/mol. The Balaban J connectivity index is 1.38. The molecule has 0 radical (unpaired) electrons. The van der Waals surface area contributed by atoms with Crippen LogP contribution in [0.1, 0.15) is 83.3 Å². The summed E-state index contributed by atoms with van der Waals surface area (Å²) in [7, 11) is 0. The molecule has 1 aromatic carbocycles. The number of nitrogens with one attached hydrogen (secondary N) is 3. The van der Waals surface area contributed by atoms with Gasteiger partial charge in [-0.3, -0.25) is 19.5 Å². The molecule has 1 fully saturated rings. The standard InChI is InChI=1S/C38H45N7O5/c1-22-14-23(2)41-36(47)32(22)20-40-35(46)31-18-30-17-29(21-44(30)33(24(31)3)25(4)43-10-12-49-13-11-43)27-15-26-8-9-45(34(26)28(16-27)19-39)42-37(48)50-38(5,6)7/h14-18,21,25H,8-13,20H2,1-7H3,(H,40,46)(H,41,47)(H,42,48). The van der Waals surface area contributed by atoms with E-state index in [1.807, 2.05) is 45.0 Å². The average Bonchev–Trinajstić information content (AvgIpc) is 3.66. The predicted molar refractivity (Wildman–Crippen MR) is 191 cm³/mol. The molecule has 262 valence electrons.